The van der Waals surface area contributed by atoms with Gasteiger partial charge in [0.25, 0.3) is 5.91 Å². The lowest BCUT2D eigenvalue weighted by Gasteiger charge is -2.11. The zero-order valence-electron chi connectivity index (χ0n) is 16.3. The molecule has 1 amide bonds. The van der Waals surface area contributed by atoms with Crippen LogP contribution in [0.3, 0.4) is 0 Å². The van der Waals surface area contributed by atoms with E-state index < -0.39 is 5.91 Å². The smallest absolute Gasteiger partial charge is 0.276 e. The van der Waals surface area contributed by atoms with E-state index in [1.54, 1.807) is 66.6 Å². The zero-order valence-corrected chi connectivity index (χ0v) is 17.0. The van der Waals surface area contributed by atoms with Crippen molar-refractivity contribution in [3.05, 3.63) is 77.6 Å². The van der Waals surface area contributed by atoms with Crippen LogP contribution in [-0.2, 0) is 0 Å². The van der Waals surface area contributed by atoms with Crippen molar-refractivity contribution in [2.75, 3.05) is 19.5 Å². The SMILES string of the molecule is COc1ccc(OC)c(NC(=O)c2cc(-c3ccco3)n(-c3ccc(Cl)cc3)n2)c1. The molecular weight excluding hydrogens is 406 g/mol. The summed E-state index contributed by atoms with van der Waals surface area (Å²) in [5, 5.41) is 7.92. The van der Waals surface area contributed by atoms with Crippen molar-refractivity contribution in [2.45, 2.75) is 0 Å². The van der Waals surface area contributed by atoms with Crippen molar-refractivity contribution in [2.24, 2.45) is 0 Å². The van der Waals surface area contributed by atoms with Crippen LogP contribution in [0.25, 0.3) is 17.1 Å². The number of nitrogens with one attached hydrogen (secondary N) is 1. The fraction of sp³-hybridized carbons (Fsp3) is 0.0909. The Morgan fingerprint density at radius 3 is 2.53 bits per heavy atom. The molecule has 4 aromatic rings. The number of halogens is 1. The van der Waals surface area contributed by atoms with Crippen molar-refractivity contribution >= 4 is 23.2 Å². The van der Waals surface area contributed by atoms with E-state index in [1.165, 1.54) is 7.11 Å². The molecule has 0 atom stereocenters. The molecule has 0 saturated heterocycles. The van der Waals surface area contributed by atoms with Crippen LogP contribution in [0.1, 0.15) is 10.5 Å². The Hall–Kier alpha value is -3.71. The molecule has 0 aliphatic rings. The van der Waals surface area contributed by atoms with Crippen molar-refractivity contribution in [3.8, 4) is 28.6 Å². The van der Waals surface area contributed by atoms with E-state index in [0.29, 0.717) is 33.7 Å². The summed E-state index contributed by atoms with van der Waals surface area (Å²) < 4.78 is 17.7. The quantitative estimate of drug-likeness (QED) is 0.469. The Kier molecular flexibility index (Phi) is 5.45. The first-order chi connectivity index (χ1) is 14.6. The average molecular weight is 424 g/mol. The number of ether oxygens (including phenoxy) is 2. The van der Waals surface area contributed by atoms with Gasteiger partial charge in [0.15, 0.2) is 11.5 Å². The third kappa shape index (κ3) is 3.88. The first-order valence-electron chi connectivity index (χ1n) is 9.02. The van der Waals surface area contributed by atoms with Gasteiger partial charge in [0.1, 0.15) is 17.2 Å². The largest absolute Gasteiger partial charge is 0.497 e. The molecular formula is C22H18ClN3O4. The van der Waals surface area contributed by atoms with E-state index in [9.17, 15) is 4.79 Å². The van der Waals surface area contributed by atoms with Gasteiger partial charge >= 0.3 is 0 Å². The molecule has 0 bridgehead atoms. The normalized spacial score (nSPS) is 10.6. The Labute approximate surface area is 177 Å². The monoisotopic (exact) mass is 423 g/mol. The number of anilines is 1. The molecule has 1 N–H and O–H groups in total. The molecule has 8 heteroatoms. The number of carbonyl (C=O) groups is 1. The number of rotatable bonds is 6. The number of hydrogen-bond donors (Lipinski definition) is 1. The second-order valence-electron chi connectivity index (χ2n) is 6.30. The lowest BCUT2D eigenvalue weighted by molar-refractivity contribution is 0.102. The molecule has 2 heterocycles. The van der Waals surface area contributed by atoms with E-state index in [0.717, 1.165) is 5.69 Å². The molecule has 4 rings (SSSR count). The van der Waals surface area contributed by atoms with E-state index in [1.807, 2.05) is 12.1 Å². The summed E-state index contributed by atoms with van der Waals surface area (Å²) in [6, 6.07) is 17.5. The number of methoxy groups -OCH3 is 2. The van der Waals surface area contributed by atoms with Gasteiger partial charge in [0.2, 0.25) is 0 Å². The fourth-order valence-electron chi connectivity index (χ4n) is 2.97. The van der Waals surface area contributed by atoms with Crippen LogP contribution in [0.15, 0.2) is 71.3 Å². The van der Waals surface area contributed by atoms with Gasteiger partial charge in [0.05, 0.1) is 31.9 Å². The van der Waals surface area contributed by atoms with Crippen molar-refractivity contribution in [1.82, 2.24) is 9.78 Å². The predicted molar refractivity (Wildman–Crippen MR) is 114 cm³/mol. The minimum Gasteiger partial charge on any atom is -0.497 e. The van der Waals surface area contributed by atoms with E-state index in [2.05, 4.69) is 10.4 Å². The van der Waals surface area contributed by atoms with Gasteiger partial charge < -0.3 is 19.2 Å². The topological polar surface area (TPSA) is 78.5 Å². The number of benzene rings is 2. The molecule has 0 fully saturated rings. The highest BCUT2D eigenvalue weighted by atomic mass is 35.5. The highest BCUT2D eigenvalue weighted by Crippen LogP contribution is 2.30. The first kappa shape index (κ1) is 19.6. The van der Waals surface area contributed by atoms with Crippen LogP contribution in [0.2, 0.25) is 5.02 Å². The van der Waals surface area contributed by atoms with Crippen LogP contribution in [0.5, 0.6) is 11.5 Å². The van der Waals surface area contributed by atoms with Crippen LogP contribution in [-0.4, -0.2) is 29.9 Å². The van der Waals surface area contributed by atoms with Crippen LogP contribution in [0, 0.1) is 0 Å². The highest BCUT2D eigenvalue weighted by Gasteiger charge is 2.19. The third-order valence-electron chi connectivity index (χ3n) is 4.44. The maximum absolute atomic E-state index is 13.0. The molecule has 0 spiro atoms. The minimum absolute atomic E-state index is 0.209. The van der Waals surface area contributed by atoms with Gasteiger partial charge in [0, 0.05) is 17.2 Å². The Morgan fingerprint density at radius 2 is 1.87 bits per heavy atom. The molecule has 152 valence electrons. The maximum Gasteiger partial charge on any atom is 0.276 e. The Balaban J connectivity index is 1.72. The van der Waals surface area contributed by atoms with Gasteiger partial charge in [-0.25, -0.2) is 4.68 Å². The summed E-state index contributed by atoms with van der Waals surface area (Å²) in [5.74, 6) is 1.28. The highest BCUT2D eigenvalue weighted by molar-refractivity contribution is 6.30. The number of amides is 1. The molecule has 0 radical (unpaired) electrons. The van der Waals surface area contributed by atoms with Gasteiger partial charge in [-0.1, -0.05) is 11.6 Å². The van der Waals surface area contributed by atoms with Gasteiger partial charge in [-0.05, 0) is 48.5 Å². The first-order valence-corrected chi connectivity index (χ1v) is 9.40. The molecule has 2 aromatic carbocycles. The molecule has 2 aromatic heterocycles. The lowest BCUT2D eigenvalue weighted by Crippen LogP contribution is -2.14. The van der Waals surface area contributed by atoms with Crippen molar-refractivity contribution < 1.29 is 18.7 Å². The molecule has 7 nitrogen and oxygen atoms in total. The summed E-state index contributed by atoms with van der Waals surface area (Å²) in [6.45, 7) is 0. The van der Waals surface area contributed by atoms with Crippen molar-refractivity contribution in [1.29, 1.82) is 0 Å². The lowest BCUT2D eigenvalue weighted by atomic mass is 10.2. The molecule has 0 unspecified atom stereocenters. The van der Waals surface area contributed by atoms with E-state index >= 15 is 0 Å². The van der Waals surface area contributed by atoms with Gasteiger partial charge in [-0.2, -0.15) is 5.10 Å². The minimum atomic E-state index is -0.401. The van der Waals surface area contributed by atoms with Crippen molar-refractivity contribution in [3.63, 3.8) is 0 Å². The molecule has 30 heavy (non-hydrogen) atoms. The van der Waals surface area contributed by atoms with E-state index in [4.69, 9.17) is 25.5 Å². The zero-order chi connectivity index (χ0) is 21.1. The maximum atomic E-state index is 13.0. The summed E-state index contributed by atoms with van der Waals surface area (Å²) >= 11 is 6.00. The number of furan rings is 1. The summed E-state index contributed by atoms with van der Waals surface area (Å²) in [6.07, 6.45) is 1.56. The van der Waals surface area contributed by atoms with E-state index in [-0.39, 0.29) is 5.69 Å². The Bertz CT molecular complexity index is 1170. The number of hydrogen-bond acceptors (Lipinski definition) is 5. The number of aromatic nitrogens is 2. The summed E-state index contributed by atoms with van der Waals surface area (Å²) in [5.41, 5.74) is 2.05. The van der Waals surface area contributed by atoms with Gasteiger partial charge in [-0.3, -0.25) is 4.79 Å². The molecule has 0 aliphatic carbocycles. The summed E-state index contributed by atoms with van der Waals surface area (Å²) in [4.78, 5) is 13.0. The standard InChI is InChI=1S/C22H18ClN3O4/c1-28-16-9-10-20(29-2)17(12-16)24-22(27)18-13-19(21-4-3-11-30-21)26(25-18)15-7-5-14(23)6-8-15/h3-13H,1-2H3,(H,24,27). The van der Waals surface area contributed by atoms with Gasteiger partial charge in [-0.15, -0.1) is 0 Å². The number of nitrogens with zero attached hydrogens (tertiary/aromatic N) is 2. The molecule has 0 saturated carbocycles. The number of carbonyl (C=O) groups excluding carboxylic acids is 1. The second-order valence-corrected chi connectivity index (χ2v) is 6.74. The average Bonchev–Trinajstić information content (AvgIpc) is 3.44. The summed E-state index contributed by atoms with van der Waals surface area (Å²) in [7, 11) is 3.08. The fourth-order valence-corrected chi connectivity index (χ4v) is 3.10. The van der Waals surface area contributed by atoms with Crippen LogP contribution in [0.4, 0.5) is 5.69 Å². The second kappa shape index (κ2) is 8.34. The Morgan fingerprint density at radius 1 is 1.07 bits per heavy atom. The third-order valence-corrected chi connectivity index (χ3v) is 4.69. The molecule has 0 aliphatic heterocycles. The van der Waals surface area contributed by atoms with Crippen LogP contribution >= 0.6 is 11.6 Å². The predicted octanol–water partition coefficient (Wildman–Crippen LogP) is 5.06. The van der Waals surface area contributed by atoms with Crippen LogP contribution < -0.4 is 14.8 Å².